The summed E-state index contributed by atoms with van der Waals surface area (Å²) in [5.41, 5.74) is 2.14. The van der Waals surface area contributed by atoms with Crippen LogP contribution < -0.4 is 0 Å². The van der Waals surface area contributed by atoms with E-state index in [9.17, 15) is 0 Å². The number of rotatable bonds is 4. The van der Waals surface area contributed by atoms with Crippen molar-refractivity contribution in [1.29, 1.82) is 0 Å². The molecular weight excluding hydrogens is 328 g/mol. The molecule has 4 heteroatoms. The van der Waals surface area contributed by atoms with Crippen LogP contribution in [0, 0.1) is 6.92 Å². The lowest BCUT2D eigenvalue weighted by atomic mass is 10.1. The molecule has 1 unspecified atom stereocenters. The van der Waals surface area contributed by atoms with Crippen molar-refractivity contribution in [3.8, 4) is 11.5 Å². The van der Waals surface area contributed by atoms with Gasteiger partial charge in [-0.1, -0.05) is 48.0 Å². The minimum Gasteiger partial charge on any atom is -0.419 e. The zero-order valence-corrected chi connectivity index (χ0v) is 15.0. The van der Waals surface area contributed by atoms with E-state index in [2.05, 4.69) is 78.6 Å². The van der Waals surface area contributed by atoms with E-state index in [0.29, 0.717) is 11.8 Å². The molecule has 0 saturated heterocycles. The standard InChI is InChI=1S/C21H18N2OS/c1-14-6-5-9-18(12-14)21-23-22-20(24-21)15(2)25-19-11-10-16-7-3-4-8-17(16)13-19/h3-13,15H,1-2H3. The van der Waals surface area contributed by atoms with Gasteiger partial charge in [-0.2, -0.15) is 0 Å². The zero-order valence-electron chi connectivity index (χ0n) is 14.1. The largest absolute Gasteiger partial charge is 0.419 e. The van der Waals surface area contributed by atoms with Crippen LogP contribution in [0.25, 0.3) is 22.2 Å². The van der Waals surface area contributed by atoms with E-state index < -0.39 is 0 Å². The highest BCUT2D eigenvalue weighted by Crippen LogP contribution is 2.36. The third-order valence-electron chi connectivity index (χ3n) is 4.09. The summed E-state index contributed by atoms with van der Waals surface area (Å²) in [4.78, 5) is 1.20. The number of thioether (sulfide) groups is 1. The first-order valence-corrected chi connectivity index (χ1v) is 9.13. The summed E-state index contributed by atoms with van der Waals surface area (Å²) in [6.45, 7) is 4.15. The zero-order chi connectivity index (χ0) is 17.2. The molecule has 0 N–H and O–H groups in total. The first-order valence-electron chi connectivity index (χ1n) is 8.25. The molecule has 1 aromatic heterocycles. The second kappa shape index (κ2) is 6.73. The van der Waals surface area contributed by atoms with Gasteiger partial charge in [0.05, 0.1) is 5.25 Å². The number of hydrogen-bond acceptors (Lipinski definition) is 4. The van der Waals surface area contributed by atoms with Gasteiger partial charge in [0.25, 0.3) is 0 Å². The Kier molecular flexibility index (Phi) is 4.28. The number of nitrogens with zero attached hydrogens (tertiary/aromatic N) is 2. The Morgan fingerprint density at radius 1 is 0.880 bits per heavy atom. The van der Waals surface area contributed by atoms with Crippen LogP contribution in [-0.4, -0.2) is 10.2 Å². The lowest BCUT2D eigenvalue weighted by molar-refractivity contribution is 0.509. The number of aromatic nitrogens is 2. The van der Waals surface area contributed by atoms with Gasteiger partial charge in [0.15, 0.2) is 0 Å². The number of aryl methyl sites for hydroxylation is 1. The fourth-order valence-corrected chi connectivity index (χ4v) is 3.73. The Hall–Kier alpha value is -2.59. The molecule has 0 bridgehead atoms. The quantitative estimate of drug-likeness (QED) is 0.422. The topological polar surface area (TPSA) is 38.9 Å². The van der Waals surface area contributed by atoms with Crippen molar-refractivity contribution in [2.24, 2.45) is 0 Å². The summed E-state index contributed by atoms with van der Waals surface area (Å²) in [6, 6.07) is 23.0. The highest BCUT2D eigenvalue weighted by atomic mass is 32.2. The maximum atomic E-state index is 5.90. The molecule has 0 spiro atoms. The second-order valence-electron chi connectivity index (χ2n) is 6.08. The molecule has 0 saturated carbocycles. The van der Waals surface area contributed by atoms with Crippen molar-refractivity contribution in [2.45, 2.75) is 24.0 Å². The minimum atomic E-state index is 0.0900. The maximum Gasteiger partial charge on any atom is 0.247 e. The Balaban J connectivity index is 1.55. The summed E-state index contributed by atoms with van der Waals surface area (Å²) in [5.74, 6) is 1.22. The van der Waals surface area contributed by atoms with E-state index in [1.165, 1.54) is 21.2 Å². The predicted octanol–water partition coefficient (Wildman–Crippen LogP) is 6.05. The first kappa shape index (κ1) is 15.9. The first-order chi connectivity index (χ1) is 12.2. The summed E-state index contributed by atoms with van der Waals surface area (Å²) >= 11 is 1.73. The Labute approximate surface area is 151 Å². The molecule has 124 valence electrons. The monoisotopic (exact) mass is 346 g/mol. The van der Waals surface area contributed by atoms with Gasteiger partial charge in [0, 0.05) is 10.5 Å². The highest BCUT2D eigenvalue weighted by Gasteiger charge is 2.16. The van der Waals surface area contributed by atoms with Crippen LogP contribution >= 0.6 is 11.8 Å². The van der Waals surface area contributed by atoms with E-state index in [1.54, 1.807) is 11.8 Å². The SMILES string of the molecule is Cc1cccc(-c2nnc(C(C)Sc3ccc4ccccc4c3)o2)c1. The summed E-state index contributed by atoms with van der Waals surface area (Å²) in [7, 11) is 0. The Morgan fingerprint density at radius 3 is 2.56 bits per heavy atom. The number of fused-ring (bicyclic) bond motifs is 1. The van der Waals surface area contributed by atoms with Crippen molar-refractivity contribution in [3.05, 3.63) is 78.2 Å². The third kappa shape index (κ3) is 3.44. The molecule has 0 aliphatic carbocycles. The van der Waals surface area contributed by atoms with Crippen molar-refractivity contribution < 1.29 is 4.42 Å². The fourth-order valence-electron chi connectivity index (χ4n) is 2.79. The average molecular weight is 346 g/mol. The van der Waals surface area contributed by atoms with Gasteiger partial charge in [0.1, 0.15) is 0 Å². The minimum absolute atomic E-state index is 0.0900. The molecular formula is C21H18N2OS. The average Bonchev–Trinajstić information content (AvgIpc) is 3.12. The normalized spacial score (nSPS) is 12.4. The lowest BCUT2D eigenvalue weighted by Crippen LogP contribution is -1.88. The fraction of sp³-hybridized carbons (Fsp3) is 0.143. The molecule has 0 radical (unpaired) electrons. The second-order valence-corrected chi connectivity index (χ2v) is 7.50. The molecule has 0 fully saturated rings. The van der Waals surface area contributed by atoms with Crippen LogP contribution in [0.2, 0.25) is 0 Å². The molecule has 0 aliphatic heterocycles. The van der Waals surface area contributed by atoms with Crippen LogP contribution in [-0.2, 0) is 0 Å². The van der Waals surface area contributed by atoms with Gasteiger partial charge in [-0.15, -0.1) is 22.0 Å². The van der Waals surface area contributed by atoms with Crippen LogP contribution in [0.5, 0.6) is 0 Å². The van der Waals surface area contributed by atoms with E-state index in [1.807, 2.05) is 12.1 Å². The molecule has 4 rings (SSSR count). The van der Waals surface area contributed by atoms with Gasteiger partial charge in [-0.05, 0) is 48.9 Å². The third-order valence-corrected chi connectivity index (χ3v) is 5.17. The van der Waals surface area contributed by atoms with Crippen LogP contribution in [0.15, 0.2) is 76.0 Å². The molecule has 0 aliphatic rings. The van der Waals surface area contributed by atoms with Gasteiger partial charge in [-0.25, -0.2) is 0 Å². The van der Waals surface area contributed by atoms with Crippen LogP contribution in [0.1, 0.15) is 23.6 Å². The number of hydrogen-bond donors (Lipinski definition) is 0. The van der Waals surface area contributed by atoms with Crippen molar-refractivity contribution in [1.82, 2.24) is 10.2 Å². The Morgan fingerprint density at radius 2 is 1.72 bits per heavy atom. The highest BCUT2D eigenvalue weighted by molar-refractivity contribution is 7.99. The lowest BCUT2D eigenvalue weighted by Gasteiger charge is -2.08. The molecule has 1 atom stereocenters. The van der Waals surface area contributed by atoms with E-state index in [-0.39, 0.29) is 5.25 Å². The van der Waals surface area contributed by atoms with Gasteiger partial charge in [0.2, 0.25) is 11.8 Å². The molecule has 3 aromatic carbocycles. The van der Waals surface area contributed by atoms with Crippen molar-refractivity contribution >= 4 is 22.5 Å². The smallest absolute Gasteiger partial charge is 0.247 e. The number of benzene rings is 3. The maximum absolute atomic E-state index is 5.90. The van der Waals surface area contributed by atoms with Crippen LogP contribution in [0.3, 0.4) is 0 Å². The summed E-state index contributed by atoms with van der Waals surface area (Å²) in [6.07, 6.45) is 0. The summed E-state index contributed by atoms with van der Waals surface area (Å²) < 4.78 is 5.90. The Bertz CT molecular complexity index is 1030. The van der Waals surface area contributed by atoms with Gasteiger partial charge >= 0.3 is 0 Å². The predicted molar refractivity (Wildman–Crippen MR) is 103 cm³/mol. The van der Waals surface area contributed by atoms with E-state index >= 15 is 0 Å². The molecule has 3 nitrogen and oxygen atoms in total. The molecule has 4 aromatic rings. The van der Waals surface area contributed by atoms with Crippen LogP contribution in [0.4, 0.5) is 0 Å². The summed E-state index contributed by atoms with van der Waals surface area (Å²) in [5, 5.41) is 11.0. The van der Waals surface area contributed by atoms with Crippen molar-refractivity contribution in [3.63, 3.8) is 0 Å². The van der Waals surface area contributed by atoms with Gasteiger partial charge in [-0.3, -0.25) is 0 Å². The molecule has 25 heavy (non-hydrogen) atoms. The van der Waals surface area contributed by atoms with Crippen molar-refractivity contribution in [2.75, 3.05) is 0 Å². The molecule has 0 amide bonds. The van der Waals surface area contributed by atoms with E-state index in [0.717, 1.165) is 5.56 Å². The van der Waals surface area contributed by atoms with E-state index in [4.69, 9.17) is 4.42 Å². The van der Waals surface area contributed by atoms with Gasteiger partial charge < -0.3 is 4.42 Å². The molecule has 1 heterocycles.